The van der Waals surface area contributed by atoms with Gasteiger partial charge in [0.05, 0.1) is 11.0 Å². The molecule has 0 bridgehead atoms. The van der Waals surface area contributed by atoms with Gasteiger partial charge in [0.2, 0.25) is 0 Å². The molecular formula is C17H25N5O2. The molecule has 3 N–H and O–H groups in total. The third-order valence-electron chi connectivity index (χ3n) is 4.09. The van der Waals surface area contributed by atoms with Crippen molar-refractivity contribution in [3.05, 3.63) is 18.2 Å². The molecule has 1 atom stereocenters. The van der Waals surface area contributed by atoms with E-state index in [9.17, 15) is 4.79 Å². The molecule has 2 aromatic rings. The van der Waals surface area contributed by atoms with Crippen molar-refractivity contribution >= 4 is 28.8 Å². The standard InChI is InChI=1S/C17H25N5O2/c1-11-10-21(16(23)24-17(2,3)4)7-8-22(11)12-5-6-13-14(9-12)20-15(18)19-13/h5-6,9,11H,7-8,10H2,1-4H3,(H3,18,19,20). The Hall–Kier alpha value is -2.44. The van der Waals surface area contributed by atoms with Gasteiger partial charge in [0, 0.05) is 31.4 Å². The number of nitrogens with one attached hydrogen (secondary N) is 1. The molecule has 24 heavy (non-hydrogen) atoms. The normalized spacial score (nSPS) is 18.9. The Morgan fingerprint density at radius 3 is 2.79 bits per heavy atom. The van der Waals surface area contributed by atoms with E-state index < -0.39 is 5.60 Å². The molecule has 130 valence electrons. The fraction of sp³-hybridized carbons (Fsp3) is 0.529. The number of carbonyl (C=O) groups is 1. The third-order valence-corrected chi connectivity index (χ3v) is 4.09. The number of ether oxygens (including phenoxy) is 1. The summed E-state index contributed by atoms with van der Waals surface area (Å²) in [6.45, 7) is 9.81. The molecule has 2 heterocycles. The maximum atomic E-state index is 12.2. The highest BCUT2D eigenvalue weighted by Gasteiger charge is 2.30. The van der Waals surface area contributed by atoms with E-state index in [-0.39, 0.29) is 12.1 Å². The van der Waals surface area contributed by atoms with E-state index in [1.54, 1.807) is 4.90 Å². The maximum Gasteiger partial charge on any atom is 0.410 e. The van der Waals surface area contributed by atoms with Gasteiger partial charge in [-0.1, -0.05) is 0 Å². The van der Waals surface area contributed by atoms with Crippen LogP contribution in [0, 0.1) is 0 Å². The Labute approximate surface area is 141 Å². The van der Waals surface area contributed by atoms with Crippen LogP contribution in [0.3, 0.4) is 0 Å². The second kappa shape index (κ2) is 5.89. The summed E-state index contributed by atoms with van der Waals surface area (Å²) in [7, 11) is 0. The summed E-state index contributed by atoms with van der Waals surface area (Å²) in [6.07, 6.45) is -0.245. The minimum atomic E-state index is -0.469. The largest absolute Gasteiger partial charge is 0.444 e. The third kappa shape index (κ3) is 3.39. The molecule has 3 rings (SSSR count). The van der Waals surface area contributed by atoms with E-state index in [2.05, 4.69) is 27.9 Å². The van der Waals surface area contributed by atoms with Crippen molar-refractivity contribution in [3.8, 4) is 0 Å². The summed E-state index contributed by atoms with van der Waals surface area (Å²) in [5.41, 5.74) is 8.12. The minimum absolute atomic E-state index is 0.198. The van der Waals surface area contributed by atoms with Gasteiger partial charge in [-0.15, -0.1) is 0 Å². The number of nitrogens with two attached hydrogens (primary N) is 1. The summed E-state index contributed by atoms with van der Waals surface area (Å²) < 4.78 is 5.47. The first-order valence-electron chi connectivity index (χ1n) is 8.23. The smallest absolute Gasteiger partial charge is 0.410 e. The second-order valence-electron chi connectivity index (χ2n) is 7.29. The van der Waals surface area contributed by atoms with Crippen LogP contribution >= 0.6 is 0 Å². The number of amides is 1. The van der Waals surface area contributed by atoms with Crippen LogP contribution < -0.4 is 10.6 Å². The van der Waals surface area contributed by atoms with Gasteiger partial charge in [-0.25, -0.2) is 9.78 Å². The van der Waals surface area contributed by atoms with Gasteiger partial charge in [-0.3, -0.25) is 0 Å². The molecule has 1 aromatic heterocycles. The summed E-state index contributed by atoms with van der Waals surface area (Å²) in [6, 6.07) is 6.26. The second-order valence-corrected chi connectivity index (χ2v) is 7.29. The number of aromatic amines is 1. The zero-order valence-electron chi connectivity index (χ0n) is 14.7. The van der Waals surface area contributed by atoms with Crippen LogP contribution in [0.15, 0.2) is 18.2 Å². The van der Waals surface area contributed by atoms with Crippen molar-refractivity contribution in [2.45, 2.75) is 39.3 Å². The summed E-state index contributed by atoms with van der Waals surface area (Å²) in [5.74, 6) is 0.421. The van der Waals surface area contributed by atoms with E-state index in [1.807, 2.05) is 32.9 Å². The molecular weight excluding hydrogens is 306 g/mol. The maximum absolute atomic E-state index is 12.2. The molecule has 7 heteroatoms. The molecule has 7 nitrogen and oxygen atoms in total. The van der Waals surface area contributed by atoms with E-state index in [0.717, 1.165) is 23.3 Å². The number of imidazole rings is 1. The molecule has 1 saturated heterocycles. The van der Waals surface area contributed by atoms with Gasteiger partial charge in [0.1, 0.15) is 5.60 Å². The lowest BCUT2D eigenvalue weighted by Crippen LogP contribution is -2.54. The SMILES string of the molecule is CC1CN(C(=O)OC(C)(C)C)CCN1c1ccc2nc(N)[nH]c2c1. The van der Waals surface area contributed by atoms with Crippen molar-refractivity contribution in [1.82, 2.24) is 14.9 Å². The highest BCUT2D eigenvalue weighted by Crippen LogP contribution is 2.25. The molecule has 1 aromatic carbocycles. The Morgan fingerprint density at radius 1 is 1.38 bits per heavy atom. The number of hydrogen-bond acceptors (Lipinski definition) is 5. The molecule has 1 aliphatic rings. The summed E-state index contributed by atoms with van der Waals surface area (Å²) >= 11 is 0. The van der Waals surface area contributed by atoms with Crippen molar-refractivity contribution in [2.24, 2.45) is 0 Å². The van der Waals surface area contributed by atoms with Crippen LogP contribution in [0.2, 0.25) is 0 Å². The molecule has 0 saturated carbocycles. The first kappa shape index (κ1) is 16.4. The molecule has 1 fully saturated rings. The summed E-state index contributed by atoms with van der Waals surface area (Å²) in [4.78, 5) is 23.6. The Balaban J connectivity index is 1.71. The number of anilines is 2. The van der Waals surface area contributed by atoms with E-state index in [1.165, 1.54) is 0 Å². The van der Waals surface area contributed by atoms with Gasteiger partial charge in [0.15, 0.2) is 5.95 Å². The molecule has 1 aliphatic heterocycles. The number of fused-ring (bicyclic) bond motifs is 1. The van der Waals surface area contributed by atoms with E-state index in [4.69, 9.17) is 10.5 Å². The average molecular weight is 331 g/mol. The topological polar surface area (TPSA) is 87.5 Å². The fourth-order valence-electron chi connectivity index (χ4n) is 3.03. The molecule has 1 amide bonds. The van der Waals surface area contributed by atoms with Crippen LogP contribution in [0.1, 0.15) is 27.7 Å². The van der Waals surface area contributed by atoms with Crippen molar-refractivity contribution in [1.29, 1.82) is 0 Å². The number of H-pyrrole nitrogens is 1. The molecule has 0 radical (unpaired) electrons. The number of nitrogen functional groups attached to an aromatic ring is 1. The number of aromatic nitrogens is 2. The van der Waals surface area contributed by atoms with Gasteiger partial charge >= 0.3 is 6.09 Å². The number of piperazine rings is 1. The van der Waals surface area contributed by atoms with Gasteiger partial charge in [-0.2, -0.15) is 0 Å². The van der Waals surface area contributed by atoms with Crippen LogP contribution in [0.25, 0.3) is 11.0 Å². The monoisotopic (exact) mass is 331 g/mol. The van der Waals surface area contributed by atoms with E-state index in [0.29, 0.717) is 19.0 Å². The van der Waals surface area contributed by atoms with Gasteiger partial charge < -0.3 is 25.3 Å². The number of benzene rings is 1. The minimum Gasteiger partial charge on any atom is -0.444 e. The lowest BCUT2D eigenvalue weighted by Gasteiger charge is -2.41. The fourth-order valence-corrected chi connectivity index (χ4v) is 3.03. The van der Waals surface area contributed by atoms with Crippen LogP contribution in [-0.4, -0.2) is 52.2 Å². The average Bonchev–Trinajstić information content (AvgIpc) is 2.84. The number of carbonyl (C=O) groups excluding carboxylic acids is 1. The van der Waals surface area contributed by atoms with Crippen molar-refractivity contribution in [3.63, 3.8) is 0 Å². The van der Waals surface area contributed by atoms with Crippen LogP contribution in [-0.2, 0) is 4.74 Å². The quantitative estimate of drug-likeness (QED) is 0.838. The lowest BCUT2D eigenvalue weighted by atomic mass is 10.1. The lowest BCUT2D eigenvalue weighted by molar-refractivity contribution is 0.0219. The van der Waals surface area contributed by atoms with Gasteiger partial charge in [0.25, 0.3) is 0 Å². The van der Waals surface area contributed by atoms with E-state index >= 15 is 0 Å². The molecule has 1 unspecified atom stereocenters. The Kier molecular flexibility index (Phi) is 4.03. The Morgan fingerprint density at radius 2 is 2.12 bits per heavy atom. The van der Waals surface area contributed by atoms with Gasteiger partial charge in [-0.05, 0) is 45.9 Å². The first-order valence-corrected chi connectivity index (χ1v) is 8.23. The van der Waals surface area contributed by atoms with Crippen molar-refractivity contribution in [2.75, 3.05) is 30.3 Å². The zero-order chi connectivity index (χ0) is 17.5. The predicted octanol–water partition coefficient (Wildman–Crippen LogP) is 2.59. The molecule has 0 aliphatic carbocycles. The predicted molar refractivity (Wildman–Crippen MR) is 95.1 cm³/mol. The van der Waals surface area contributed by atoms with Crippen LogP contribution in [0.4, 0.5) is 16.4 Å². The first-order chi connectivity index (χ1) is 11.2. The number of hydrogen-bond donors (Lipinski definition) is 2. The van der Waals surface area contributed by atoms with Crippen LogP contribution in [0.5, 0.6) is 0 Å². The number of nitrogens with zero attached hydrogens (tertiary/aromatic N) is 3. The highest BCUT2D eigenvalue weighted by molar-refractivity contribution is 5.81. The Bertz CT molecular complexity index is 749. The summed E-state index contributed by atoms with van der Waals surface area (Å²) in [5, 5.41) is 0. The van der Waals surface area contributed by atoms with Crippen molar-refractivity contribution < 1.29 is 9.53 Å². The molecule has 0 spiro atoms. The highest BCUT2D eigenvalue weighted by atomic mass is 16.6. The number of rotatable bonds is 1. The zero-order valence-corrected chi connectivity index (χ0v) is 14.7.